The molecule has 4 heteroatoms. The van der Waals surface area contributed by atoms with Gasteiger partial charge in [0.05, 0.1) is 5.02 Å². The lowest BCUT2D eigenvalue weighted by Crippen LogP contribution is -2.24. The van der Waals surface area contributed by atoms with E-state index in [0.717, 1.165) is 16.6 Å². The number of hydrogen-bond acceptors (Lipinski definition) is 1. The Balaban J connectivity index is 2.35. The van der Waals surface area contributed by atoms with Crippen LogP contribution in [0.1, 0.15) is 29.7 Å². The molecule has 0 heterocycles. The Hall–Kier alpha value is -0.900. The van der Waals surface area contributed by atoms with Crippen LogP contribution in [0, 0.1) is 12.7 Å². The largest absolute Gasteiger partial charge is 0.310 e. The highest BCUT2D eigenvalue weighted by molar-refractivity contribution is 9.10. The molecule has 2 rings (SSSR count). The molecule has 0 aliphatic rings. The Morgan fingerprint density at radius 3 is 2.76 bits per heavy atom. The maximum atomic E-state index is 13.6. The van der Waals surface area contributed by atoms with Crippen molar-refractivity contribution in [3.05, 3.63) is 68.4 Å². The summed E-state index contributed by atoms with van der Waals surface area (Å²) in [5.74, 6) is -0.365. The predicted octanol–water partition coefficient (Wildman–Crippen LogP) is 5.44. The Kier molecular flexibility index (Phi) is 5.80. The average molecular weight is 371 g/mol. The summed E-state index contributed by atoms with van der Waals surface area (Å²) in [4.78, 5) is 0. The number of hydrogen-bond donors (Lipinski definition) is 1. The lowest BCUT2D eigenvalue weighted by Gasteiger charge is -2.21. The molecular weight excluding hydrogens is 353 g/mol. The third-order valence-corrected chi connectivity index (χ3v) is 4.44. The maximum absolute atomic E-state index is 13.6. The molecule has 2 aromatic rings. The van der Waals surface area contributed by atoms with Crippen molar-refractivity contribution in [2.75, 3.05) is 6.54 Å². The van der Waals surface area contributed by atoms with Crippen LogP contribution < -0.4 is 5.32 Å². The van der Waals surface area contributed by atoms with Gasteiger partial charge in [0.25, 0.3) is 0 Å². The number of benzene rings is 2. The standard InChI is InChI=1S/C17H18BrClFN/c1-3-21-16(14-10-13(18)8-7-11(14)2)9-12-5-4-6-15(20)17(12)19/h4-8,10,16,21H,3,9H2,1-2H3. The van der Waals surface area contributed by atoms with Crippen molar-refractivity contribution in [3.63, 3.8) is 0 Å². The quantitative estimate of drug-likeness (QED) is 0.738. The molecule has 0 aliphatic heterocycles. The highest BCUT2D eigenvalue weighted by Gasteiger charge is 2.16. The Morgan fingerprint density at radius 2 is 2.05 bits per heavy atom. The predicted molar refractivity (Wildman–Crippen MR) is 90.4 cm³/mol. The molecule has 0 aromatic heterocycles. The van der Waals surface area contributed by atoms with Crippen molar-refractivity contribution >= 4 is 27.5 Å². The van der Waals surface area contributed by atoms with Crippen LogP contribution in [0.15, 0.2) is 40.9 Å². The van der Waals surface area contributed by atoms with Crippen LogP contribution in [0.5, 0.6) is 0 Å². The van der Waals surface area contributed by atoms with Crippen molar-refractivity contribution in [2.45, 2.75) is 26.3 Å². The fraction of sp³-hybridized carbons (Fsp3) is 0.294. The van der Waals surface area contributed by atoms with E-state index < -0.39 is 0 Å². The van der Waals surface area contributed by atoms with Gasteiger partial charge in [-0.1, -0.05) is 52.7 Å². The first-order valence-electron chi connectivity index (χ1n) is 6.95. The molecule has 0 amide bonds. The number of nitrogens with one attached hydrogen (secondary N) is 1. The summed E-state index contributed by atoms with van der Waals surface area (Å²) in [5.41, 5.74) is 3.23. The van der Waals surface area contributed by atoms with Crippen LogP contribution in [0.3, 0.4) is 0 Å². The topological polar surface area (TPSA) is 12.0 Å². The number of aryl methyl sites for hydroxylation is 1. The molecule has 0 aliphatic carbocycles. The molecule has 1 N–H and O–H groups in total. The Morgan fingerprint density at radius 1 is 1.29 bits per heavy atom. The SMILES string of the molecule is CCNC(Cc1cccc(F)c1Cl)c1cc(Br)ccc1C. The minimum atomic E-state index is -0.365. The van der Waals surface area contributed by atoms with E-state index in [0.29, 0.717) is 6.42 Å². The monoisotopic (exact) mass is 369 g/mol. The van der Waals surface area contributed by atoms with Gasteiger partial charge in [-0.2, -0.15) is 0 Å². The molecule has 2 aromatic carbocycles. The van der Waals surface area contributed by atoms with Gasteiger partial charge < -0.3 is 5.32 Å². The van der Waals surface area contributed by atoms with Gasteiger partial charge in [0.2, 0.25) is 0 Å². The van der Waals surface area contributed by atoms with Gasteiger partial charge in [-0.05, 0) is 54.8 Å². The molecule has 1 nitrogen and oxygen atoms in total. The Labute approximate surface area is 138 Å². The summed E-state index contributed by atoms with van der Waals surface area (Å²) >= 11 is 9.60. The van der Waals surface area contributed by atoms with Crippen LogP contribution in [0.2, 0.25) is 5.02 Å². The van der Waals surface area contributed by atoms with E-state index in [1.807, 2.05) is 12.1 Å². The van der Waals surface area contributed by atoms with E-state index in [4.69, 9.17) is 11.6 Å². The fourth-order valence-electron chi connectivity index (χ4n) is 2.45. The Bertz CT molecular complexity index is 630. The van der Waals surface area contributed by atoms with Crippen LogP contribution in [0.4, 0.5) is 4.39 Å². The normalized spacial score (nSPS) is 12.4. The second-order valence-corrected chi connectivity index (χ2v) is 6.32. The lowest BCUT2D eigenvalue weighted by atomic mass is 9.95. The summed E-state index contributed by atoms with van der Waals surface area (Å²) in [6, 6.07) is 11.3. The van der Waals surface area contributed by atoms with Crippen LogP contribution >= 0.6 is 27.5 Å². The second kappa shape index (κ2) is 7.39. The van der Waals surface area contributed by atoms with Gasteiger partial charge in [0.1, 0.15) is 5.82 Å². The third kappa shape index (κ3) is 4.06. The molecule has 0 saturated carbocycles. The number of rotatable bonds is 5. The molecular formula is C17H18BrClFN. The smallest absolute Gasteiger partial charge is 0.142 e. The van der Waals surface area contributed by atoms with E-state index in [1.54, 1.807) is 6.07 Å². The van der Waals surface area contributed by atoms with Crippen LogP contribution in [0.25, 0.3) is 0 Å². The molecule has 0 radical (unpaired) electrons. The number of halogens is 3. The van der Waals surface area contributed by atoms with Crippen LogP contribution in [-0.2, 0) is 6.42 Å². The van der Waals surface area contributed by atoms with E-state index in [1.165, 1.54) is 17.2 Å². The zero-order chi connectivity index (χ0) is 15.4. The molecule has 21 heavy (non-hydrogen) atoms. The highest BCUT2D eigenvalue weighted by atomic mass is 79.9. The van der Waals surface area contributed by atoms with E-state index >= 15 is 0 Å². The van der Waals surface area contributed by atoms with Crippen molar-refractivity contribution in [1.82, 2.24) is 5.32 Å². The highest BCUT2D eigenvalue weighted by Crippen LogP contribution is 2.28. The summed E-state index contributed by atoms with van der Waals surface area (Å²) in [5, 5.41) is 3.68. The summed E-state index contributed by atoms with van der Waals surface area (Å²) < 4.78 is 14.6. The van der Waals surface area contributed by atoms with Gasteiger partial charge in [-0.25, -0.2) is 4.39 Å². The van der Waals surface area contributed by atoms with Crippen LogP contribution in [-0.4, -0.2) is 6.54 Å². The molecule has 1 unspecified atom stereocenters. The minimum absolute atomic E-state index is 0.104. The first kappa shape index (κ1) is 16.5. The average Bonchev–Trinajstić information content (AvgIpc) is 2.46. The molecule has 0 saturated heterocycles. The molecule has 112 valence electrons. The zero-order valence-electron chi connectivity index (χ0n) is 12.1. The van der Waals surface area contributed by atoms with Gasteiger partial charge >= 0.3 is 0 Å². The van der Waals surface area contributed by atoms with Crippen molar-refractivity contribution in [1.29, 1.82) is 0 Å². The zero-order valence-corrected chi connectivity index (χ0v) is 14.4. The van der Waals surface area contributed by atoms with E-state index in [2.05, 4.69) is 47.2 Å². The maximum Gasteiger partial charge on any atom is 0.142 e. The molecule has 1 atom stereocenters. The second-order valence-electron chi connectivity index (χ2n) is 5.03. The molecule has 0 fully saturated rings. The first-order chi connectivity index (χ1) is 10.0. The number of likely N-dealkylation sites (N-methyl/N-ethyl adjacent to an activating group) is 1. The van der Waals surface area contributed by atoms with Crippen molar-refractivity contribution in [3.8, 4) is 0 Å². The van der Waals surface area contributed by atoms with Crippen molar-refractivity contribution < 1.29 is 4.39 Å². The van der Waals surface area contributed by atoms with Gasteiger partial charge in [0.15, 0.2) is 0 Å². The van der Waals surface area contributed by atoms with Gasteiger partial charge in [-0.3, -0.25) is 0 Å². The summed E-state index contributed by atoms with van der Waals surface area (Å²) in [6.45, 7) is 4.98. The van der Waals surface area contributed by atoms with Gasteiger partial charge in [-0.15, -0.1) is 0 Å². The minimum Gasteiger partial charge on any atom is -0.310 e. The fourth-order valence-corrected chi connectivity index (χ4v) is 3.03. The third-order valence-electron chi connectivity index (χ3n) is 3.52. The summed E-state index contributed by atoms with van der Waals surface area (Å²) in [7, 11) is 0. The van der Waals surface area contributed by atoms with Crippen molar-refractivity contribution in [2.24, 2.45) is 0 Å². The molecule has 0 spiro atoms. The first-order valence-corrected chi connectivity index (χ1v) is 8.12. The summed E-state index contributed by atoms with van der Waals surface area (Å²) in [6.07, 6.45) is 0.654. The van der Waals surface area contributed by atoms with E-state index in [-0.39, 0.29) is 16.9 Å². The lowest BCUT2D eigenvalue weighted by molar-refractivity contribution is 0.544. The van der Waals surface area contributed by atoms with E-state index in [9.17, 15) is 4.39 Å². The molecule has 0 bridgehead atoms. The van der Waals surface area contributed by atoms with Gasteiger partial charge in [0, 0.05) is 10.5 Å².